The zero-order chi connectivity index (χ0) is 14.0. The predicted molar refractivity (Wildman–Crippen MR) is 75.6 cm³/mol. The Balaban J connectivity index is 2.07. The van der Waals surface area contributed by atoms with Crippen LogP contribution < -0.4 is 5.73 Å². The third-order valence-electron chi connectivity index (χ3n) is 2.75. The first-order chi connectivity index (χ1) is 8.99. The van der Waals surface area contributed by atoms with Crippen molar-refractivity contribution in [3.63, 3.8) is 0 Å². The lowest BCUT2D eigenvalue weighted by molar-refractivity contribution is 0.0461. The highest BCUT2D eigenvalue weighted by molar-refractivity contribution is 9.10. The average molecular weight is 324 g/mol. The normalized spacial score (nSPS) is 10.5. The fourth-order valence-electron chi connectivity index (χ4n) is 1.71. The summed E-state index contributed by atoms with van der Waals surface area (Å²) in [6.07, 6.45) is 0. The number of carbonyl (C=O) groups is 1. The van der Waals surface area contributed by atoms with Crippen LogP contribution in [0.5, 0.6) is 0 Å². The number of ether oxygens (including phenoxy) is 1. The van der Waals surface area contributed by atoms with Gasteiger partial charge in [-0.15, -0.1) is 0 Å². The Morgan fingerprint density at radius 1 is 1.42 bits per heavy atom. The number of carbonyl (C=O) groups excluding carboxylic acids is 1. The van der Waals surface area contributed by atoms with Crippen LogP contribution in [0, 0.1) is 6.92 Å². The first kappa shape index (κ1) is 13.6. The van der Waals surface area contributed by atoms with Crippen LogP contribution in [0.4, 0.5) is 5.69 Å². The summed E-state index contributed by atoms with van der Waals surface area (Å²) >= 11 is 3.35. The molecule has 6 heteroatoms. The second kappa shape index (κ2) is 5.44. The Morgan fingerprint density at radius 3 is 2.58 bits per heavy atom. The number of nitrogens with two attached hydrogens (primary N) is 1. The van der Waals surface area contributed by atoms with Crippen molar-refractivity contribution in [1.82, 2.24) is 9.78 Å². The molecule has 0 aliphatic carbocycles. The van der Waals surface area contributed by atoms with Crippen LogP contribution in [0.1, 0.15) is 21.7 Å². The van der Waals surface area contributed by atoms with E-state index in [2.05, 4.69) is 21.0 Å². The summed E-state index contributed by atoms with van der Waals surface area (Å²) in [4.78, 5) is 12.0. The smallest absolute Gasteiger partial charge is 0.359 e. The highest BCUT2D eigenvalue weighted by atomic mass is 79.9. The lowest BCUT2D eigenvalue weighted by atomic mass is 10.2. The predicted octanol–water partition coefficient (Wildman–Crippen LogP) is 2.43. The zero-order valence-electron chi connectivity index (χ0n) is 10.7. The van der Waals surface area contributed by atoms with Gasteiger partial charge >= 0.3 is 5.97 Å². The Kier molecular flexibility index (Phi) is 3.90. The van der Waals surface area contributed by atoms with Gasteiger partial charge in [0.05, 0.1) is 11.4 Å². The Morgan fingerprint density at radius 2 is 2.05 bits per heavy atom. The summed E-state index contributed by atoms with van der Waals surface area (Å²) < 4.78 is 7.65. The van der Waals surface area contributed by atoms with E-state index in [-0.39, 0.29) is 12.3 Å². The maximum absolute atomic E-state index is 12.0. The van der Waals surface area contributed by atoms with Crippen molar-refractivity contribution in [2.24, 2.45) is 7.05 Å². The summed E-state index contributed by atoms with van der Waals surface area (Å²) in [5, 5.41) is 4.08. The molecule has 0 saturated carbocycles. The maximum atomic E-state index is 12.0. The molecule has 0 aliphatic heterocycles. The minimum atomic E-state index is -0.469. The number of benzene rings is 1. The van der Waals surface area contributed by atoms with Gasteiger partial charge in [0.25, 0.3) is 0 Å². The van der Waals surface area contributed by atoms with Crippen molar-refractivity contribution in [1.29, 1.82) is 0 Å². The van der Waals surface area contributed by atoms with E-state index in [1.54, 1.807) is 14.0 Å². The van der Waals surface area contributed by atoms with Gasteiger partial charge in [-0.2, -0.15) is 5.10 Å². The second-order valence-electron chi connectivity index (χ2n) is 4.17. The molecule has 1 aromatic carbocycles. The molecule has 2 N–H and O–H groups in total. The monoisotopic (exact) mass is 323 g/mol. The van der Waals surface area contributed by atoms with Crippen molar-refractivity contribution in [2.75, 3.05) is 5.73 Å². The molecule has 2 aromatic rings. The molecule has 0 fully saturated rings. The highest BCUT2D eigenvalue weighted by Gasteiger charge is 2.19. The summed E-state index contributed by atoms with van der Waals surface area (Å²) in [6, 6.07) is 7.56. The maximum Gasteiger partial charge on any atom is 0.359 e. The van der Waals surface area contributed by atoms with E-state index in [9.17, 15) is 4.79 Å². The average Bonchev–Trinajstić information content (AvgIpc) is 2.62. The third-order valence-corrected chi connectivity index (χ3v) is 3.27. The van der Waals surface area contributed by atoms with E-state index in [0.29, 0.717) is 11.4 Å². The molecule has 1 heterocycles. The number of anilines is 1. The van der Waals surface area contributed by atoms with Crippen LogP contribution in [0.25, 0.3) is 0 Å². The van der Waals surface area contributed by atoms with Crippen LogP contribution in [0.3, 0.4) is 0 Å². The van der Waals surface area contributed by atoms with Gasteiger partial charge < -0.3 is 10.5 Å². The van der Waals surface area contributed by atoms with E-state index in [4.69, 9.17) is 10.5 Å². The molecule has 1 aromatic heterocycles. The number of aromatic nitrogens is 2. The van der Waals surface area contributed by atoms with Crippen molar-refractivity contribution < 1.29 is 9.53 Å². The summed E-state index contributed by atoms with van der Waals surface area (Å²) in [5.74, 6) is -0.469. The summed E-state index contributed by atoms with van der Waals surface area (Å²) in [7, 11) is 1.67. The SMILES string of the molecule is Cc1nn(C)c(C(=O)OCc2ccc(Br)cc2)c1N. The number of aryl methyl sites for hydroxylation is 2. The van der Waals surface area contributed by atoms with Gasteiger partial charge in [-0.1, -0.05) is 28.1 Å². The van der Waals surface area contributed by atoms with Gasteiger partial charge in [0.1, 0.15) is 6.61 Å². The van der Waals surface area contributed by atoms with E-state index in [0.717, 1.165) is 10.0 Å². The minimum absolute atomic E-state index is 0.204. The number of hydrogen-bond acceptors (Lipinski definition) is 4. The number of halogens is 1. The van der Waals surface area contributed by atoms with Gasteiger partial charge in [0.2, 0.25) is 0 Å². The molecule has 19 heavy (non-hydrogen) atoms. The first-order valence-corrected chi connectivity index (χ1v) is 6.49. The fraction of sp³-hybridized carbons (Fsp3) is 0.231. The highest BCUT2D eigenvalue weighted by Crippen LogP contribution is 2.17. The van der Waals surface area contributed by atoms with E-state index in [1.165, 1.54) is 4.68 Å². The molecule has 0 aliphatic rings. The number of rotatable bonds is 3. The van der Waals surface area contributed by atoms with Crippen LogP contribution in [-0.2, 0) is 18.4 Å². The van der Waals surface area contributed by atoms with E-state index < -0.39 is 5.97 Å². The van der Waals surface area contributed by atoms with Crippen LogP contribution in [0.2, 0.25) is 0 Å². The molecule has 2 rings (SSSR count). The van der Waals surface area contributed by atoms with Gasteiger partial charge in [-0.05, 0) is 24.6 Å². The number of esters is 1. The standard InChI is InChI=1S/C13H14BrN3O2/c1-8-11(15)12(17(2)16-8)13(18)19-7-9-3-5-10(14)6-4-9/h3-6H,7,15H2,1-2H3. The lowest BCUT2D eigenvalue weighted by Crippen LogP contribution is -2.12. The van der Waals surface area contributed by atoms with Crippen molar-refractivity contribution in [2.45, 2.75) is 13.5 Å². The molecule has 0 spiro atoms. The largest absolute Gasteiger partial charge is 0.456 e. The van der Waals surface area contributed by atoms with E-state index >= 15 is 0 Å². The quantitative estimate of drug-likeness (QED) is 0.881. The molecular formula is C13H14BrN3O2. The Hall–Kier alpha value is -1.82. The second-order valence-corrected chi connectivity index (χ2v) is 5.09. The molecular weight excluding hydrogens is 310 g/mol. The van der Waals surface area contributed by atoms with Crippen LogP contribution in [0.15, 0.2) is 28.7 Å². The summed E-state index contributed by atoms with van der Waals surface area (Å²) in [5.41, 5.74) is 7.99. The van der Waals surface area contributed by atoms with Crippen molar-refractivity contribution in [3.8, 4) is 0 Å². The number of nitrogens with zero attached hydrogens (tertiary/aromatic N) is 2. The lowest BCUT2D eigenvalue weighted by Gasteiger charge is -2.06. The van der Waals surface area contributed by atoms with Crippen LogP contribution >= 0.6 is 15.9 Å². The fourth-order valence-corrected chi connectivity index (χ4v) is 1.98. The third kappa shape index (κ3) is 2.96. The molecule has 0 bridgehead atoms. The van der Waals surface area contributed by atoms with E-state index in [1.807, 2.05) is 24.3 Å². The molecule has 0 radical (unpaired) electrons. The zero-order valence-corrected chi connectivity index (χ0v) is 12.3. The molecule has 100 valence electrons. The van der Waals surface area contributed by atoms with Crippen molar-refractivity contribution >= 4 is 27.6 Å². The minimum Gasteiger partial charge on any atom is -0.456 e. The topological polar surface area (TPSA) is 70.1 Å². The van der Waals surface area contributed by atoms with Gasteiger partial charge in [-0.3, -0.25) is 4.68 Å². The first-order valence-electron chi connectivity index (χ1n) is 5.69. The molecule has 0 atom stereocenters. The molecule has 5 nitrogen and oxygen atoms in total. The number of hydrogen-bond donors (Lipinski definition) is 1. The van der Waals surface area contributed by atoms with Gasteiger partial charge in [0, 0.05) is 11.5 Å². The Labute approximate surface area is 119 Å². The van der Waals surface area contributed by atoms with Crippen LogP contribution in [-0.4, -0.2) is 15.7 Å². The van der Waals surface area contributed by atoms with Gasteiger partial charge in [0.15, 0.2) is 5.69 Å². The molecule has 0 amide bonds. The molecule has 0 saturated heterocycles. The van der Waals surface area contributed by atoms with Crippen molar-refractivity contribution in [3.05, 3.63) is 45.7 Å². The molecule has 0 unspecified atom stereocenters. The Bertz CT molecular complexity index is 605. The van der Waals surface area contributed by atoms with Gasteiger partial charge in [-0.25, -0.2) is 4.79 Å². The summed E-state index contributed by atoms with van der Waals surface area (Å²) in [6.45, 7) is 1.95. The number of nitrogen functional groups attached to an aromatic ring is 1.